The van der Waals surface area contributed by atoms with Crippen LogP contribution in [-0.4, -0.2) is 62.3 Å². The van der Waals surface area contributed by atoms with Crippen LogP contribution in [0.3, 0.4) is 0 Å². The molecule has 3 aromatic rings. The van der Waals surface area contributed by atoms with Gasteiger partial charge in [0.05, 0.1) is 5.39 Å². The smallest absolute Gasteiger partial charge is 0.163 e. The fourth-order valence-corrected chi connectivity index (χ4v) is 4.72. The molecule has 0 saturated carbocycles. The average molecular weight is 478 g/mol. The molecule has 35 heavy (non-hydrogen) atoms. The molecule has 0 atom stereocenters. The van der Waals surface area contributed by atoms with E-state index in [-0.39, 0.29) is 5.82 Å². The van der Waals surface area contributed by atoms with Gasteiger partial charge in [0.2, 0.25) is 0 Å². The minimum atomic E-state index is -0.274. The van der Waals surface area contributed by atoms with Crippen molar-refractivity contribution in [2.24, 2.45) is 0 Å². The zero-order chi connectivity index (χ0) is 24.8. The fourth-order valence-electron chi connectivity index (χ4n) is 4.72. The number of halogens is 1. The molecular formula is C27H36FN7. The molecule has 1 aliphatic heterocycles. The van der Waals surface area contributed by atoms with E-state index in [9.17, 15) is 4.39 Å². The number of rotatable bonds is 11. The predicted molar refractivity (Wildman–Crippen MR) is 140 cm³/mol. The van der Waals surface area contributed by atoms with Crippen LogP contribution in [0.1, 0.15) is 38.2 Å². The van der Waals surface area contributed by atoms with Crippen LogP contribution >= 0.6 is 0 Å². The van der Waals surface area contributed by atoms with Gasteiger partial charge in [0, 0.05) is 44.0 Å². The van der Waals surface area contributed by atoms with Crippen molar-refractivity contribution in [3.8, 4) is 11.3 Å². The lowest BCUT2D eigenvalue weighted by atomic mass is 10.0. The highest BCUT2D eigenvalue weighted by molar-refractivity contribution is 5.98. The quantitative estimate of drug-likeness (QED) is 0.320. The third-order valence-electron chi connectivity index (χ3n) is 6.81. The van der Waals surface area contributed by atoms with Crippen LogP contribution in [-0.2, 0) is 13.0 Å². The van der Waals surface area contributed by atoms with Crippen LogP contribution in [0.25, 0.3) is 22.3 Å². The Hall–Kier alpha value is -3.26. The normalized spacial score (nSPS) is 14.5. The predicted octanol–water partition coefficient (Wildman–Crippen LogP) is 4.65. The molecule has 186 valence electrons. The first-order valence-electron chi connectivity index (χ1n) is 12.6. The average Bonchev–Trinajstić information content (AvgIpc) is 3.25. The highest BCUT2D eigenvalue weighted by Crippen LogP contribution is 2.31. The van der Waals surface area contributed by atoms with Crippen LogP contribution < -0.4 is 5.73 Å². The summed E-state index contributed by atoms with van der Waals surface area (Å²) in [5.41, 5.74) is 10.2. The van der Waals surface area contributed by atoms with E-state index in [4.69, 9.17) is 10.8 Å². The van der Waals surface area contributed by atoms with Gasteiger partial charge in [-0.25, -0.2) is 19.0 Å². The van der Waals surface area contributed by atoms with Crippen LogP contribution in [0.15, 0.2) is 49.5 Å². The zero-order valence-electron chi connectivity index (χ0n) is 20.7. The fraction of sp³-hybridized carbons (Fsp3) is 0.444. The Morgan fingerprint density at radius 3 is 2.51 bits per heavy atom. The van der Waals surface area contributed by atoms with Crippen molar-refractivity contribution in [1.29, 1.82) is 0 Å². The zero-order valence-corrected chi connectivity index (χ0v) is 20.7. The third-order valence-corrected chi connectivity index (χ3v) is 6.81. The molecule has 0 bridgehead atoms. The lowest BCUT2D eigenvalue weighted by Crippen LogP contribution is -2.45. The van der Waals surface area contributed by atoms with Gasteiger partial charge in [-0.15, -0.1) is 0 Å². The number of aromatic nitrogens is 4. The number of nitrogens with zero attached hydrogens (tertiary/aromatic N) is 6. The lowest BCUT2D eigenvalue weighted by Gasteiger charge is -2.36. The van der Waals surface area contributed by atoms with Crippen LogP contribution in [0.5, 0.6) is 0 Å². The minimum absolute atomic E-state index is 0.274. The highest BCUT2D eigenvalue weighted by atomic mass is 19.1. The van der Waals surface area contributed by atoms with E-state index in [1.54, 1.807) is 6.07 Å². The SMILES string of the molecule is C=CC(=C)N1CCN(CCCCCCn2nc(-c3cc(F)cc(CC)c3)c3c(N)ncnc32)CC1. The lowest BCUT2D eigenvalue weighted by molar-refractivity contribution is 0.160. The number of unbranched alkanes of at least 4 members (excludes halogenated alkanes) is 3. The Morgan fingerprint density at radius 1 is 1.06 bits per heavy atom. The molecule has 4 rings (SSSR count). The van der Waals surface area contributed by atoms with Crippen molar-refractivity contribution < 1.29 is 4.39 Å². The van der Waals surface area contributed by atoms with Crippen LogP contribution in [0, 0.1) is 5.82 Å². The van der Waals surface area contributed by atoms with E-state index < -0.39 is 0 Å². The van der Waals surface area contributed by atoms with Gasteiger partial charge in [-0.05, 0) is 55.6 Å². The van der Waals surface area contributed by atoms with E-state index in [1.807, 2.05) is 23.7 Å². The Bertz CT molecular complexity index is 1180. The first kappa shape index (κ1) is 24.9. The highest BCUT2D eigenvalue weighted by Gasteiger charge is 2.18. The molecule has 2 aromatic heterocycles. The van der Waals surface area contributed by atoms with E-state index in [2.05, 4.69) is 32.9 Å². The summed E-state index contributed by atoms with van der Waals surface area (Å²) in [7, 11) is 0. The summed E-state index contributed by atoms with van der Waals surface area (Å²) in [5.74, 6) is 0.0971. The molecule has 1 aliphatic rings. The van der Waals surface area contributed by atoms with Gasteiger partial charge < -0.3 is 10.6 Å². The molecule has 7 nitrogen and oxygen atoms in total. The van der Waals surface area contributed by atoms with Gasteiger partial charge in [-0.3, -0.25) is 4.90 Å². The molecule has 1 fully saturated rings. The molecule has 1 aromatic carbocycles. The van der Waals surface area contributed by atoms with Gasteiger partial charge in [-0.1, -0.05) is 32.9 Å². The molecule has 0 amide bonds. The van der Waals surface area contributed by atoms with Gasteiger partial charge in [0.25, 0.3) is 0 Å². The maximum atomic E-state index is 14.2. The van der Waals surface area contributed by atoms with Gasteiger partial charge in [-0.2, -0.15) is 5.10 Å². The second kappa shape index (κ2) is 11.4. The van der Waals surface area contributed by atoms with Gasteiger partial charge in [0.15, 0.2) is 5.65 Å². The Morgan fingerprint density at radius 2 is 1.80 bits per heavy atom. The Balaban J connectivity index is 1.33. The summed E-state index contributed by atoms with van der Waals surface area (Å²) in [6, 6.07) is 5.03. The first-order chi connectivity index (χ1) is 17.0. The second-order valence-corrected chi connectivity index (χ2v) is 9.17. The largest absolute Gasteiger partial charge is 0.383 e. The number of aryl methyl sites for hydroxylation is 2. The summed E-state index contributed by atoms with van der Waals surface area (Å²) < 4.78 is 16.1. The van der Waals surface area contributed by atoms with Crippen molar-refractivity contribution in [3.05, 3.63) is 60.8 Å². The number of allylic oxidation sites excluding steroid dienone is 1. The summed E-state index contributed by atoms with van der Waals surface area (Å²) in [5, 5.41) is 5.49. The first-order valence-corrected chi connectivity index (χ1v) is 12.6. The van der Waals surface area contributed by atoms with Crippen molar-refractivity contribution in [3.63, 3.8) is 0 Å². The summed E-state index contributed by atoms with van der Waals surface area (Å²) in [6.07, 6.45) is 8.52. The minimum Gasteiger partial charge on any atom is -0.383 e. The molecule has 3 heterocycles. The monoisotopic (exact) mass is 477 g/mol. The maximum Gasteiger partial charge on any atom is 0.163 e. The van der Waals surface area contributed by atoms with Crippen molar-refractivity contribution in [2.75, 3.05) is 38.5 Å². The number of hydrogen-bond donors (Lipinski definition) is 1. The summed E-state index contributed by atoms with van der Waals surface area (Å²) >= 11 is 0. The molecule has 1 saturated heterocycles. The number of benzene rings is 1. The maximum absolute atomic E-state index is 14.2. The van der Waals surface area contributed by atoms with E-state index in [1.165, 1.54) is 25.2 Å². The number of fused-ring (bicyclic) bond motifs is 1. The second-order valence-electron chi connectivity index (χ2n) is 9.17. The topological polar surface area (TPSA) is 76.1 Å². The van der Waals surface area contributed by atoms with Crippen molar-refractivity contribution in [2.45, 2.75) is 45.6 Å². The number of hydrogen-bond acceptors (Lipinski definition) is 6. The molecule has 0 unspecified atom stereocenters. The standard InChI is InChI=1S/C27H36FN7/c1-4-20(3)34-14-12-33(13-15-34)10-8-6-7-9-11-35-27-24(26(29)30-19-31-27)25(32-35)22-16-21(5-2)17-23(28)18-22/h4,16-19H,1,3,5-15H2,2H3,(H2,29,30,31). The summed E-state index contributed by atoms with van der Waals surface area (Å²) in [4.78, 5) is 13.4. The number of anilines is 1. The van der Waals surface area contributed by atoms with E-state index in [0.717, 1.165) is 69.8 Å². The molecule has 0 aliphatic carbocycles. The molecule has 2 N–H and O–H groups in total. The van der Waals surface area contributed by atoms with Crippen LogP contribution in [0.2, 0.25) is 0 Å². The molecule has 0 spiro atoms. The number of nitrogens with two attached hydrogens (primary N) is 1. The Labute approximate surface area is 207 Å². The summed E-state index contributed by atoms with van der Waals surface area (Å²) in [6.45, 7) is 15.9. The molecule has 8 heteroatoms. The van der Waals surface area contributed by atoms with Gasteiger partial charge in [0.1, 0.15) is 23.7 Å². The van der Waals surface area contributed by atoms with Crippen molar-refractivity contribution >= 4 is 16.9 Å². The van der Waals surface area contributed by atoms with E-state index >= 15 is 0 Å². The van der Waals surface area contributed by atoms with E-state index in [0.29, 0.717) is 28.1 Å². The number of piperazine rings is 1. The van der Waals surface area contributed by atoms with Crippen molar-refractivity contribution in [1.82, 2.24) is 29.5 Å². The molecule has 0 radical (unpaired) electrons. The van der Waals surface area contributed by atoms with Gasteiger partial charge >= 0.3 is 0 Å². The number of nitrogen functional groups attached to an aromatic ring is 1. The molecular weight excluding hydrogens is 441 g/mol. The van der Waals surface area contributed by atoms with Crippen LogP contribution in [0.4, 0.5) is 10.2 Å². The third kappa shape index (κ3) is 5.88. The Kier molecular flexibility index (Phi) is 8.13.